The Hall–Kier alpha value is -2.01. The minimum absolute atomic E-state index is 0.305. The van der Waals surface area contributed by atoms with Gasteiger partial charge in [-0.05, 0) is 18.2 Å². The van der Waals surface area contributed by atoms with Gasteiger partial charge in [-0.1, -0.05) is 40.2 Å². The van der Waals surface area contributed by atoms with E-state index in [9.17, 15) is 4.79 Å². The molecule has 0 aliphatic rings. The molecule has 0 heterocycles. The molecule has 5 heteroatoms. The van der Waals surface area contributed by atoms with Crippen molar-refractivity contribution in [3.63, 3.8) is 0 Å². The second-order valence-corrected chi connectivity index (χ2v) is 4.95. The minimum Gasteiger partial charge on any atom is -0.486 e. The van der Waals surface area contributed by atoms with E-state index in [4.69, 9.17) is 15.2 Å². The van der Waals surface area contributed by atoms with E-state index in [-0.39, 0.29) is 0 Å². The number of anilines is 1. The highest BCUT2D eigenvalue weighted by Gasteiger charge is 2.15. The molecule has 0 radical (unpaired) electrons. The van der Waals surface area contributed by atoms with Gasteiger partial charge in [0.15, 0.2) is 5.75 Å². The molecule has 0 atom stereocenters. The van der Waals surface area contributed by atoms with Crippen molar-refractivity contribution >= 4 is 27.6 Å². The van der Waals surface area contributed by atoms with Gasteiger partial charge in [0.25, 0.3) is 0 Å². The largest absolute Gasteiger partial charge is 0.486 e. The maximum atomic E-state index is 11.7. The number of hydrogen-bond donors (Lipinski definition) is 1. The van der Waals surface area contributed by atoms with Gasteiger partial charge in [-0.15, -0.1) is 0 Å². The number of carbonyl (C=O) groups is 1. The third-order valence-corrected chi connectivity index (χ3v) is 3.55. The molecule has 0 saturated heterocycles. The van der Waals surface area contributed by atoms with Gasteiger partial charge in [-0.2, -0.15) is 0 Å². The van der Waals surface area contributed by atoms with Gasteiger partial charge in [0.2, 0.25) is 0 Å². The quantitative estimate of drug-likeness (QED) is 0.687. The third-order valence-electron chi connectivity index (χ3n) is 2.78. The Bertz CT molecular complexity index is 628. The van der Waals surface area contributed by atoms with Crippen LogP contribution in [0.1, 0.15) is 15.9 Å². The molecule has 4 nitrogen and oxygen atoms in total. The number of nitrogen functional groups attached to an aromatic ring is 1. The van der Waals surface area contributed by atoms with Crippen LogP contribution in [0.5, 0.6) is 5.75 Å². The van der Waals surface area contributed by atoms with Gasteiger partial charge in [0.05, 0.1) is 12.8 Å². The van der Waals surface area contributed by atoms with E-state index in [1.807, 2.05) is 24.3 Å². The summed E-state index contributed by atoms with van der Waals surface area (Å²) >= 11 is 3.45. The van der Waals surface area contributed by atoms with Crippen molar-refractivity contribution < 1.29 is 14.3 Å². The average molecular weight is 336 g/mol. The highest BCUT2D eigenvalue weighted by molar-refractivity contribution is 9.10. The molecule has 0 aromatic heterocycles. The zero-order valence-electron chi connectivity index (χ0n) is 10.9. The number of esters is 1. The Morgan fingerprint density at radius 3 is 2.65 bits per heavy atom. The van der Waals surface area contributed by atoms with Crippen LogP contribution in [-0.2, 0) is 11.3 Å². The molecule has 0 fully saturated rings. The third kappa shape index (κ3) is 3.11. The van der Waals surface area contributed by atoms with Crippen molar-refractivity contribution in [1.82, 2.24) is 0 Å². The van der Waals surface area contributed by atoms with Crippen LogP contribution < -0.4 is 10.5 Å². The first-order chi connectivity index (χ1) is 9.63. The van der Waals surface area contributed by atoms with Crippen molar-refractivity contribution in [3.8, 4) is 5.75 Å². The summed E-state index contributed by atoms with van der Waals surface area (Å²) in [5.41, 5.74) is 7.56. The van der Waals surface area contributed by atoms with Crippen LogP contribution in [0, 0.1) is 0 Å². The van der Waals surface area contributed by atoms with Crippen molar-refractivity contribution in [3.05, 3.63) is 58.1 Å². The predicted octanol–water partition coefficient (Wildman–Crippen LogP) is 3.40. The average Bonchev–Trinajstić information content (AvgIpc) is 2.46. The minimum atomic E-state index is -0.473. The first-order valence-electron chi connectivity index (χ1n) is 5.96. The summed E-state index contributed by atoms with van der Waals surface area (Å²) in [6.45, 7) is 0.305. The smallest absolute Gasteiger partial charge is 0.341 e. The Morgan fingerprint density at radius 2 is 1.95 bits per heavy atom. The first-order valence-corrected chi connectivity index (χ1v) is 6.75. The van der Waals surface area contributed by atoms with Crippen molar-refractivity contribution in [2.45, 2.75) is 6.61 Å². The van der Waals surface area contributed by atoms with Gasteiger partial charge in [-0.3, -0.25) is 0 Å². The van der Waals surface area contributed by atoms with Crippen LogP contribution in [-0.4, -0.2) is 13.1 Å². The number of carbonyl (C=O) groups excluding carboxylic acids is 1. The number of halogens is 1. The number of ether oxygens (including phenoxy) is 2. The second kappa shape index (κ2) is 6.43. The molecule has 0 aliphatic carbocycles. The molecule has 0 amide bonds. The monoisotopic (exact) mass is 335 g/mol. The van der Waals surface area contributed by atoms with E-state index in [2.05, 4.69) is 15.9 Å². The fourth-order valence-corrected chi connectivity index (χ4v) is 2.15. The van der Waals surface area contributed by atoms with Gasteiger partial charge in [-0.25, -0.2) is 4.79 Å². The van der Waals surface area contributed by atoms with E-state index in [1.165, 1.54) is 7.11 Å². The molecule has 0 saturated carbocycles. The molecular formula is C15H14BrNO3. The molecule has 2 rings (SSSR count). The van der Waals surface area contributed by atoms with Gasteiger partial charge < -0.3 is 15.2 Å². The molecular weight excluding hydrogens is 322 g/mol. The van der Waals surface area contributed by atoms with Crippen LogP contribution in [0.15, 0.2) is 46.9 Å². The van der Waals surface area contributed by atoms with Gasteiger partial charge in [0, 0.05) is 10.0 Å². The molecule has 2 aromatic rings. The van der Waals surface area contributed by atoms with Gasteiger partial charge >= 0.3 is 5.97 Å². The van der Waals surface area contributed by atoms with Crippen LogP contribution in [0.25, 0.3) is 0 Å². The Labute approximate surface area is 125 Å². The van der Waals surface area contributed by atoms with E-state index >= 15 is 0 Å². The lowest BCUT2D eigenvalue weighted by Crippen LogP contribution is -2.08. The molecule has 20 heavy (non-hydrogen) atoms. The summed E-state index contributed by atoms with van der Waals surface area (Å²) in [5.74, 6) is -0.130. The van der Waals surface area contributed by atoms with E-state index in [0.29, 0.717) is 23.6 Å². The van der Waals surface area contributed by atoms with E-state index < -0.39 is 5.97 Å². The Kier molecular flexibility index (Phi) is 4.63. The van der Waals surface area contributed by atoms with Crippen molar-refractivity contribution in [2.75, 3.05) is 12.8 Å². The molecule has 0 bridgehead atoms. The van der Waals surface area contributed by atoms with Crippen LogP contribution in [0.4, 0.5) is 5.69 Å². The summed E-state index contributed by atoms with van der Waals surface area (Å²) in [6, 6.07) is 12.7. The summed E-state index contributed by atoms with van der Waals surface area (Å²) in [7, 11) is 1.32. The highest BCUT2D eigenvalue weighted by Crippen LogP contribution is 2.28. The fourth-order valence-electron chi connectivity index (χ4n) is 1.75. The topological polar surface area (TPSA) is 61.5 Å². The number of methoxy groups -OCH3 is 1. The van der Waals surface area contributed by atoms with Crippen molar-refractivity contribution in [1.29, 1.82) is 0 Å². The SMILES string of the molecule is COC(=O)c1cccc(N)c1OCc1ccccc1Br. The lowest BCUT2D eigenvalue weighted by Gasteiger charge is -2.13. The molecule has 2 aromatic carbocycles. The summed E-state index contributed by atoms with van der Waals surface area (Å²) in [4.78, 5) is 11.7. The molecule has 0 unspecified atom stereocenters. The lowest BCUT2D eigenvalue weighted by atomic mass is 10.1. The molecule has 2 N–H and O–H groups in total. The maximum absolute atomic E-state index is 11.7. The summed E-state index contributed by atoms with van der Waals surface area (Å²) in [5, 5.41) is 0. The number of benzene rings is 2. The van der Waals surface area contributed by atoms with E-state index in [0.717, 1.165) is 10.0 Å². The van der Waals surface area contributed by atoms with Crippen LogP contribution in [0.2, 0.25) is 0 Å². The molecule has 104 valence electrons. The van der Waals surface area contributed by atoms with Crippen LogP contribution >= 0.6 is 15.9 Å². The van der Waals surface area contributed by atoms with E-state index in [1.54, 1.807) is 18.2 Å². The Balaban J connectivity index is 2.25. The number of rotatable bonds is 4. The number of para-hydroxylation sites is 1. The zero-order valence-corrected chi connectivity index (χ0v) is 12.5. The van der Waals surface area contributed by atoms with Crippen LogP contribution in [0.3, 0.4) is 0 Å². The van der Waals surface area contributed by atoms with Crippen molar-refractivity contribution in [2.24, 2.45) is 0 Å². The summed E-state index contributed by atoms with van der Waals surface area (Å²) in [6.07, 6.45) is 0. The first kappa shape index (κ1) is 14.4. The lowest BCUT2D eigenvalue weighted by molar-refractivity contribution is 0.0595. The normalized spacial score (nSPS) is 10.1. The van der Waals surface area contributed by atoms with Gasteiger partial charge in [0.1, 0.15) is 12.2 Å². The summed E-state index contributed by atoms with van der Waals surface area (Å²) < 4.78 is 11.4. The Morgan fingerprint density at radius 1 is 1.20 bits per heavy atom. The highest BCUT2D eigenvalue weighted by atomic mass is 79.9. The fraction of sp³-hybridized carbons (Fsp3) is 0.133. The molecule has 0 spiro atoms. The maximum Gasteiger partial charge on any atom is 0.341 e. The standard InChI is InChI=1S/C15H14BrNO3/c1-19-15(18)11-6-4-8-13(17)14(11)20-9-10-5-2-3-7-12(10)16/h2-8H,9,17H2,1H3. The number of hydrogen-bond acceptors (Lipinski definition) is 4. The molecule has 0 aliphatic heterocycles. The number of nitrogens with two attached hydrogens (primary N) is 1. The predicted molar refractivity (Wildman–Crippen MR) is 80.7 cm³/mol. The zero-order chi connectivity index (χ0) is 14.5. The second-order valence-electron chi connectivity index (χ2n) is 4.10.